The zero-order chi connectivity index (χ0) is 50.5. The van der Waals surface area contributed by atoms with E-state index in [-0.39, 0.29) is 0 Å². The zero-order valence-electron chi connectivity index (χ0n) is 41.9. The fraction of sp³-hybridized carbons (Fsp3) is 0. The molecule has 0 saturated carbocycles. The molecule has 0 aliphatic heterocycles. The lowest BCUT2D eigenvalue weighted by molar-refractivity contribution is 1.17. The highest BCUT2D eigenvalue weighted by molar-refractivity contribution is 7.21. The van der Waals surface area contributed by atoms with Crippen LogP contribution in [0.15, 0.2) is 315 Å². The molecule has 12 aromatic carbocycles. The van der Waals surface area contributed by atoms with Gasteiger partial charge in [0, 0.05) is 32.9 Å². The third-order valence-electron chi connectivity index (χ3n) is 16.0. The van der Waals surface area contributed by atoms with Gasteiger partial charge in [0.25, 0.3) is 0 Å². The van der Waals surface area contributed by atoms with Gasteiger partial charge >= 0.3 is 0 Å². The maximum absolute atomic E-state index is 3.03. The van der Waals surface area contributed by atoms with Crippen LogP contribution in [0.2, 0.25) is 0 Å². The molecule has 0 aliphatic carbocycles. The SMILES string of the molecule is c1ccc(-c2ccc(-n3c4ccc(-n5c6ccccc6c6c([Si](c7ccccc7)(c7ccccc7)c7ccccc7)cccc65)cc4c4c([Si](c5ccccc5)(c5ccccc5)c5ccccc5)cccc43)cc2)cc1. The largest absolute Gasteiger partial charge is 0.309 e. The number of nitrogens with zero attached hydrogens (tertiary/aromatic N) is 2. The molecule has 0 radical (unpaired) electrons. The molecule has 0 amide bonds. The first kappa shape index (κ1) is 45.3. The summed E-state index contributed by atoms with van der Waals surface area (Å²) in [5, 5.41) is 15.9. The smallest absolute Gasteiger partial charge is 0.180 e. The van der Waals surface area contributed by atoms with Crippen molar-refractivity contribution in [3.8, 4) is 22.5 Å². The van der Waals surface area contributed by atoms with Crippen molar-refractivity contribution in [1.29, 1.82) is 0 Å². The van der Waals surface area contributed by atoms with Gasteiger partial charge in [0.15, 0.2) is 16.1 Å². The van der Waals surface area contributed by atoms with E-state index < -0.39 is 16.1 Å². The summed E-state index contributed by atoms with van der Waals surface area (Å²) < 4.78 is 5.06. The van der Waals surface area contributed by atoms with E-state index in [0.717, 1.165) is 11.4 Å². The minimum atomic E-state index is -3.03. The van der Waals surface area contributed by atoms with Crippen molar-refractivity contribution < 1.29 is 0 Å². The Morgan fingerprint density at radius 3 is 0.961 bits per heavy atom. The lowest BCUT2D eigenvalue weighted by atomic mass is 10.1. The molecule has 14 aromatic rings. The minimum absolute atomic E-state index is 1.13. The first-order valence-corrected chi connectivity index (χ1v) is 30.3. The monoisotopic (exact) mass is 1000 g/mol. The molecular weight excluding hydrogens is 949 g/mol. The summed E-state index contributed by atoms with van der Waals surface area (Å²) in [7, 11) is -5.98. The maximum Gasteiger partial charge on any atom is 0.180 e. The van der Waals surface area contributed by atoms with Crippen LogP contribution in [0.1, 0.15) is 0 Å². The molecule has 4 heteroatoms. The van der Waals surface area contributed by atoms with Gasteiger partial charge in [0.05, 0.1) is 22.1 Å². The molecule has 0 aliphatic rings. The fourth-order valence-corrected chi connectivity index (χ4v) is 22.9. The summed E-state index contributed by atoms with van der Waals surface area (Å²) in [5.41, 5.74) is 9.39. The maximum atomic E-state index is 2.55. The Hall–Kier alpha value is -9.33. The highest BCUT2D eigenvalue weighted by Crippen LogP contribution is 2.38. The van der Waals surface area contributed by atoms with E-state index in [2.05, 4.69) is 325 Å². The molecule has 0 bridgehead atoms. The molecule has 0 atom stereocenters. The molecule has 2 heterocycles. The van der Waals surface area contributed by atoms with Crippen LogP contribution in [0.25, 0.3) is 66.1 Å². The Morgan fingerprint density at radius 1 is 0.211 bits per heavy atom. The van der Waals surface area contributed by atoms with Gasteiger partial charge in [0.2, 0.25) is 0 Å². The van der Waals surface area contributed by atoms with Crippen LogP contribution < -0.4 is 41.5 Å². The molecule has 0 fully saturated rings. The Kier molecular flexibility index (Phi) is 11.2. The normalized spacial score (nSPS) is 11.9. The molecule has 14 rings (SSSR count). The molecule has 0 saturated heterocycles. The first-order chi connectivity index (χ1) is 37.7. The van der Waals surface area contributed by atoms with E-state index in [1.165, 1.54) is 96.2 Å². The van der Waals surface area contributed by atoms with Crippen molar-refractivity contribution in [2.45, 2.75) is 0 Å². The lowest BCUT2D eigenvalue weighted by Crippen LogP contribution is -2.74. The second kappa shape index (κ2) is 18.9. The van der Waals surface area contributed by atoms with E-state index in [4.69, 9.17) is 0 Å². The predicted octanol–water partition coefficient (Wildman–Crippen LogP) is 12.3. The molecule has 0 unspecified atom stereocenters. The fourth-order valence-electron chi connectivity index (χ4n) is 12.9. The van der Waals surface area contributed by atoms with E-state index in [9.17, 15) is 0 Å². The lowest BCUT2D eigenvalue weighted by Gasteiger charge is -2.35. The van der Waals surface area contributed by atoms with Gasteiger partial charge in [-0.25, -0.2) is 0 Å². The number of hydrogen-bond acceptors (Lipinski definition) is 0. The second-order valence-electron chi connectivity index (χ2n) is 19.9. The standard InChI is InChI=1S/C72H52N2Si2/c1-8-26-53(27-9-1)54-46-48-55(49-47-54)73-66-51-50-56(52-64(66)72-68(73)43-25-45-70(72)76(60-34-16-5-17-35-60,61-36-18-6-19-37-61)62-38-20-7-21-39-62)74-65-41-23-22-40-63(65)71-67(74)42-24-44-69(71)75(57-28-10-2-11-29-57,58-30-12-3-13-31-58)59-32-14-4-15-33-59/h1-52H. The van der Waals surface area contributed by atoms with E-state index >= 15 is 0 Å². The summed E-state index contributed by atoms with van der Waals surface area (Å²) in [5.74, 6) is 0. The van der Waals surface area contributed by atoms with Crippen LogP contribution in [-0.4, -0.2) is 25.3 Å². The third-order valence-corrected chi connectivity index (χ3v) is 25.7. The average Bonchev–Trinajstić information content (AvgIpc) is 4.21. The summed E-state index contributed by atoms with van der Waals surface area (Å²) in [6.07, 6.45) is 0. The van der Waals surface area contributed by atoms with Gasteiger partial charge in [-0.2, -0.15) is 0 Å². The van der Waals surface area contributed by atoms with Crippen molar-refractivity contribution >= 4 is 101 Å². The molecule has 0 spiro atoms. The molecular formula is C72H52N2Si2. The van der Waals surface area contributed by atoms with E-state index in [1.54, 1.807) is 0 Å². The van der Waals surface area contributed by atoms with Crippen LogP contribution in [0.3, 0.4) is 0 Å². The minimum Gasteiger partial charge on any atom is -0.309 e. The Balaban J connectivity index is 1.10. The van der Waals surface area contributed by atoms with Gasteiger partial charge in [-0.05, 0) is 101 Å². The number of fused-ring (bicyclic) bond motifs is 6. The quantitative estimate of drug-likeness (QED) is 0.0903. The Bertz CT molecular complexity index is 4150. The first-order valence-electron chi connectivity index (χ1n) is 26.3. The number of benzene rings is 12. The van der Waals surface area contributed by atoms with Crippen molar-refractivity contribution in [3.05, 3.63) is 315 Å². The second-order valence-corrected chi connectivity index (χ2v) is 27.4. The summed E-state index contributed by atoms with van der Waals surface area (Å²) in [4.78, 5) is 0. The summed E-state index contributed by atoms with van der Waals surface area (Å²) in [6, 6.07) is 118. The number of para-hydroxylation sites is 1. The molecule has 76 heavy (non-hydrogen) atoms. The number of rotatable bonds is 11. The van der Waals surface area contributed by atoms with Gasteiger partial charge in [0.1, 0.15) is 0 Å². The molecule has 0 N–H and O–H groups in total. The van der Waals surface area contributed by atoms with Crippen molar-refractivity contribution in [2.75, 3.05) is 0 Å². The topological polar surface area (TPSA) is 9.86 Å². The number of hydrogen-bond donors (Lipinski definition) is 0. The third kappa shape index (κ3) is 7.06. The van der Waals surface area contributed by atoms with E-state index in [1.807, 2.05) is 0 Å². The van der Waals surface area contributed by atoms with Gasteiger partial charge in [-0.3, -0.25) is 0 Å². The van der Waals surface area contributed by atoms with Crippen molar-refractivity contribution in [3.63, 3.8) is 0 Å². The van der Waals surface area contributed by atoms with Gasteiger partial charge in [-0.15, -0.1) is 0 Å². The highest BCUT2D eigenvalue weighted by atomic mass is 28.3. The average molecular weight is 1000 g/mol. The van der Waals surface area contributed by atoms with Crippen LogP contribution >= 0.6 is 0 Å². The number of aromatic nitrogens is 2. The highest BCUT2D eigenvalue weighted by Gasteiger charge is 2.45. The molecule has 358 valence electrons. The van der Waals surface area contributed by atoms with Crippen molar-refractivity contribution in [2.24, 2.45) is 0 Å². The van der Waals surface area contributed by atoms with Crippen molar-refractivity contribution in [1.82, 2.24) is 9.13 Å². The predicted molar refractivity (Wildman–Crippen MR) is 328 cm³/mol. The van der Waals surface area contributed by atoms with Gasteiger partial charge in [-0.1, -0.05) is 267 Å². The molecule has 2 aromatic heterocycles. The molecule has 2 nitrogen and oxygen atoms in total. The Labute approximate surface area is 445 Å². The summed E-state index contributed by atoms with van der Waals surface area (Å²) in [6.45, 7) is 0. The van der Waals surface area contributed by atoms with Crippen LogP contribution in [0, 0.1) is 0 Å². The van der Waals surface area contributed by atoms with Gasteiger partial charge < -0.3 is 9.13 Å². The van der Waals surface area contributed by atoms with E-state index in [0.29, 0.717) is 0 Å². The van der Waals surface area contributed by atoms with Crippen LogP contribution in [0.5, 0.6) is 0 Å². The van der Waals surface area contributed by atoms with Crippen LogP contribution in [0.4, 0.5) is 0 Å². The summed E-state index contributed by atoms with van der Waals surface area (Å²) >= 11 is 0. The zero-order valence-corrected chi connectivity index (χ0v) is 43.9. The van der Waals surface area contributed by atoms with Crippen LogP contribution in [-0.2, 0) is 0 Å². The Morgan fingerprint density at radius 2 is 0.526 bits per heavy atom.